The van der Waals surface area contributed by atoms with Crippen molar-refractivity contribution in [3.63, 3.8) is 0 Å². The number of esters is 1. The van der Waals surface area contributed by atoms with Gasteiger partial charge >= 0.3 is 12.1 Å². The Morgan fingerprint density at radius 1 is 1.08 bits per heavy atom. The maximum atomic E-state index is 12.3. The second kappa shape index (κ2) is 7.55. The van der Waals surface area contributed by atoms with Crippen LogP contribution in [0.3, 0.4) is 0 Å². The van der Waals surface area contributed by atoms with Crippen LogP contribution in [-0.4, -0.2) is 36.7 Å². The third-order valence-electron chi connectivity index (χ3n) is 4.61. The fourth-order valence-corrected chi connectivity index (χ4v) is 3.18. The van der Waals surface area contributed by atoms with E-state index < -0.39 is 24.2 Å². The maximum Gasteiger partial charge on any atom is 0.407 e. The first kappa shape index (κ1) is 17.3. The minimum atomic E-state index is -0.506. The lowest BCUT2D eigenvalue weighted by Gasteiger charge is -2.24. The van der Waals surface area contributed by atoms with Gasteiger partial charge in [0.25, 0.3) is 0 Å². The van der Waals surface area contributed by atoms with E-state index in [1.165, 1.54) is 0 Å². The van der Waals surface area contributed by atoms with Gasteiger partial charge in [-0.15, -0.1) is 0 Å². The summed E-state index contributed by atoms with van der Waals surface area (Å²) < 4.78 is 10.6. The van der Waals surface area contributed by atoms with Crippen molar-refractivity contribution in [3.05, 3.63) is 35.9 Å². The molecule has 4 atom stereocenters. The molecule has 1 aromatic carbocycles. The van der Waals surface area contributed by atoms with E-state index in [4.69, 9.17) is 9.47 Å². The van der Waals surface area contributed by atoms with Gasteiger partial charge in [0, 0.05) is 6.42 Å². The summed E-state index contributed by atoms with van der Waals surface area (Å²) in [7, 11) is 0. The number of hydrogen-bond donors (Lipinski definition) is 2. The van der Waals surface area contributed by atoms with Crippen molar-refractivity contribution >= 4 is 18.0 Å². The second-order valence-electron chi connectivity index (χ2n) is 6.53. The van der Waals surface area contributed by atoms with Crippen molar-refractivity contribution in [2.24, 2.45) is 5.92 Å². The Labute approximate surface area is 146 Å². The zero-order valence-corrected chi connectivity index (χ0v) is 14.1. The molecule has 134 valence electrons. The molecule has 0 saturated carbocycles. The number of carbonyl (C=O) groups excluding carboxylic acids is 3. The van der Waals surface area contributed by atoms with Crippen molar-refractivity contribution in [2.75, 3.05) is 6.61 Å². The summed E-state index contributed by atoms with van der Waals surface area (Å²) in [6.45, 7) is 1.83. The Morgan fingerprint density at radius 2 is 1.84 bits per heavy atom. The molecule has 0 radical (unpaired) electrons. The number of amides is 2. The average molecular weight is 346 g/mol. The van der Waals surface area contributed by atoms with Gasteiger partial charge in [-0.1, -0.05) is 37.3 Å². The summed E-state index contributed by atoms with van der Waals surface area (Å²) in [4.78, 5) is 36.1. The largest absolute Gasteiger partial charge is 0.463 e. The lowest BCUT2D eigenvalue weighted by Crippen LogP contribution is -2.38. The molecule has 2 saturated heterocycles. The molecule has 7 heteroatoms. The first-order chi connectivity index (χ1) is 12.0. The number of nitrogens with one attached hydrogen (secondary N) is 2. The van der Waals surface area contributed by atoms with Gasteiger partial charge in [-0.25, -0.2) is 4.79 Å². The van der Waals surface area contributed by atoms with E-state index in [1.807, 2.05) is 30.3 Å². The van der Waals surface area contributed by atoms with Gasteiger partial charge < -0.3 is 20.1 Å². The number of cyclic esters (lactones) is 1. The van der Waals surface area contributed by atoms with Gasteiger partial charge in [0.15, 0.2) is 0 Å². The fourth-order valence-electron chi connectivity index (χ4n) is 3.18. The zero-order chi connectivity index (χ0) is 17.8. The summed E-state index contributed by atoms with van der Waals surface area (Å²) >= 11 is 0. The highest BCUT2D eigenvalue weighted by atomic mass is 16.6. The van der Waals surface area contributed by atoms with Crippen LogP contribution in [0.15, 0.2) is 30.3 Å². The monoisotopic (exact) mass is 346 g/mol. The fraction of sp³-hybridized carbons (Fsp3) is 0.500. The van der Waals surface area contributed by atoms with Crippen molar-refractivity contribution in [1.82, 2.24) is 10.6 Å². The highest BCUT2D eigenvalue weighted by Crippen LogP contribution is 2.23. The Balaban J connectivity index is 1.76. The van der Waals surface area contributed by atoms with Crippen LogP contribution in [0.25, 0.3) is 0 Å². The van der Waals surface area contributed by atoms with Gasteiger partial charge in [-0.3, -0.25) is 9.59 Å². The Bertz CT molecular complexity index is 648. The maximum absolute atomic E-state index is 12.3. The van der Waals surface area contributed by atoms with Gasteiger partial charge in [0.2, 0.25) is 5.91 Å². The molecule has 2 aliphatic heterocycles. The summed E-state index contributed by atoms with van der Waals surface area (Å²) in [5.41, 5.74) is 0.878. The molecule has 2 N–H and O–H groups in total. The molecule has 0 aromatic heterocycles. The lowest BCUT2D eigenvalue weighted by atomic mass is 9.96. The van der Waals surface area contributed by atoms with E-state index in [-0.39, 0.29) is 30.9 Å². The first-order valence-electron chi connectivity index (χ1n) is 8.51. The molecular weight excluding hydrogens is 324 g/mol. The van der Waals surface area contributed by atoms with Crippen molar-refractivity contribution in [3.8, 4) is 0 Å². The van der Waals surface area contributed by atoms with Gasteiger partial charge in [-0.05, 0) is 18.4 Å². The van der Waals surface area contributed by atoms with Gasteiger partial charge in [0.05, 0.1) is 18.0 Å². The van der Waals surface area contributed by atoms with Crippen LogP contribution in [0, 0.1) is 5.92 Å². The third-order valence-corrected chi connectivity index (χ3v) is 4.61. The number of rotatable bonds is 1. The normalized spacial score (nSPS) is 30.7. The highest BCUT2D eigenvalue weighted by molar-refractivity contribution is 5.77. The van der Waals surface area contributed by atoms with Crippen LogP contribution < -0.4 is 10.6 Å². The van der Waals surface area contributed by atoms with E-state index in [0.29, 0.717) is 12.8 Å². The molecule has 2 unspecified atom stereocenters. The van der Waals surface area contributed by atoms with Crippen molar-refractivity contribution in [2.45, 2.75) is 44.4 Å². The number of benzene rings is 1. The standard InChI is InChI=1S/C18H22N2O5/c1-11-9-15-13(20-18(23)25-15)7-8-16(21)19-14(10-24-17(11)22)12-5-3-2-4-6-12/h2-6,11,13-15H,7-10H2,1H3,(H,19,21)(H,20,23)/t11-,13?,14+,15?/m1/s1. The molecule has 25 heavy (non-hydrogen) atoms. The van der Waals surface area contributed by atoms with Crippen LogP contribution in [0.2, 0.25) is 0 Å². The topological polar surface area (TPSA) is 93.7 Å². The lowest BCUT2D eigenvalue weighted by molar-refractivity contribution is -0.150. The van der Waals surface area contributed by atoms with E-state index in [0.717, 1.165) is 5.56 Å². The number of hydrogen-bond acceptors (Lipinski definition) is 5. The second-order valence-corrected chi connectivity index (χ2v) is 6.53. The number of alkyl carbamates (subject to hydrolysis) is 1. The summed E-state index contributed by atoms with van der Waals surface area (Å²) in [6.07, 6.45) is 0.169. The van der Waals surface area contributed by atoms with Crippen LogP contribution in [-0.2, 0) is 19.1 Å². The molecular formula is C18H22N2O5. The van der Waals surface area contributed by atoms with Gasteiger partial charge in [-0.2, -0.15) is 0 Å². The smallest absolute Gasteiger partial charge is 0.407 e. The summed E-state index contributed by atoms with van der Waals surface area (Å²) in [5.74, 6) is -0.914. The van der Waals surface area contributed by atoms with Crippen LogP contribution in [0.4, 0.5) is 4.79 Å². The van der Waals surface area contributed by atoms with Crippen molar-refractivity contribution < 1.29 is 23.9 Å². The summed E-state index contributed by atoms with van der Waals surface area (Å²) in [5, 5.41) is 5.62. The molecule has 1 aromatic rings. The van der Waals surface area contributed by atoms with E-state index in [1.54, 1.807) is 6.92 Å². The number of carbonyl (C=O) groups is 3. The quantitative estimate of drug-likeness (QED) is 0.755. The molecule has 0 spiro atoms. The Hall–Kier alpha value is -2.57. The first-order valence-corrected chi connectivity index (χ1v) is 8.51. The highest BCUT2D eigenvalue weighted by Gasteiger charge is 2.37. The summed E-state index contributed by atoms with van der Waals surface area (Å²) in [6, 6.07) is 8.73. The average Bonchev–Trinajstić information content (AvgIpc) is 2.95. The SMILES string of the molecule is C[C@@H]1CC2OC(=O)NC2CCC(=O)N[C@H](c2ccccc2)COC1=O. The number of ether oxygens (including phenoxy) is 2. The molecule has 7 nitrogen and oxygen atoms in total. The van der Waals surface area contributed by atoms with Gasteiger partial charge in [0.1, 0.15) is 12.7 Å². The Kier molecular flexibility index (Phi) is 5.21. The van der Waals surface area contributed by atoms with Crippen LogP contribution in [0.5, 0.6) is 0 Å². The minimum Gasteiger partial charge on any atom is -0.463 e. The van der Waals surface area contributed by atoms with E-state index >= 15 is 0 Å². The third kappa shape index (κ3) is 4.29. The van der Waals surface area contributed by atoms with Crippen LogP contribution in [0.1, 0.15) is 37.8 Å². The number of fused-ring (bicyclic) bond motifs is 1. The molecule has 2 heterocycles. The molecule has 0 bridgehead atoms. The van der Waals surface area contributed by atoms with E-state index in [2.05, 4.69) is 10.6 Å². The van der Waals surface area contributed by atoms with Crippen molar-refractivity contribution in [1.29, 1.82) is 0 Å². The van der Waals surface area contributed by atoms with Crippen LogP contribution >= 0.6 is 0 Å². The molecule has 2 aliphatic rings. The molecule has 2 amide bonds. The predicted octanol–water partition coefficient (Wildman–Crippen LogP) is 1.68. The van der Waals surface area contributed by atoms with E-state index in [9.17, 15) is 14.4 Å². The Morgan fingerprint density at radius 3 is 2.60 bits per heavy atom. The molecule has 3 rings (SSSR count). The predicted molar refractivity (Wildman–Crippen MR) is 88.5 cm³/mol. The minimum absolute atomic E-state index is 0.0745. The molecule has 0 aliphatic carbocycles. The zero-order valence-electron chi connectivity index (χ0n) is 14.1. The molecule has 2 fully saturated rings.